The molecule has 0 saturated carbocycles. The molecule has 1 aromatic heterocycles. The van der Waals surface area contributed by atoms with E-state index >= 15 is 0 Å². The van der Waals surface area contributed by atoms with Crippen molar-refractivity contribution in [1.29, 1.82) is 0 Å². The molecule has 0 fully saturated rings. The van der Waals surface area contributed by atoms with Crippen molar-refractivity contribution in [2.24, 2.45) is 4.99 Å². The minimum atomic E-state index is -4.55. The number of aromatic amines is 1. The molecule has 0 radical (unpaired) electrons. The van der Waals surface area contributed by atoms with Crippen molar-refractivity contribution in [3.8, 4) is 0 Å². The zero-order valence-electron chi connectivity index (χ0n) is 7.67. The van der Waals surface area contributed by atoms with Crippen molar-refractivity contribution in [2.45, 2.75) is 6.18 Å². The van der Waals surface area contributed by atoms with Gasteiger partial charge in [0.2, 0.25) is 11.9 Å². The van der Waals surface area contributed by atoms with Gasteiger partial charge in [0.05, 0.1) is 5.52 Å². The number of fused-ring (bicyclic) bond motifs is 1. The van der Waals surface area contributed by atoms with E-state index in [2.05, 4.69) is 15.0 Å². The quantitative estimate of drug-likeness (QED) is 0.601. The maximum atomic E-state index is 12.3. The summed E-state index contributed by atoms with van der Waals surface area (Å²) in [5, 5.41) is 0. The summed E-state index contributed by atoms with van der Waals surface area (Å²) in [6.45, 7) is 0. The first kappa shape index (κ1) is 10.4. The van der Waals surface area contributed by atoms with E-state index < -0.39 is 12.0 Å². The zero-order chi connectivity index (χ0) is 11.8. The van der Waals surface area contributed by atoms with Crippen LogP contribution < -0.4 is 0 Å². The second kappa shape index (κ2) is 3.46. The Hall–Kier alpha value is -2.14. The van der Waals surface area contributed by atoms with Crippen molar-refractivity contribution in [1.82, 2.24) is 9.97 Å². The Morgan fingerprint density at radius 1 is 1.38 bits per heavy atom. The smallest absolute Gasteiger partial charge is 0.334 e. The van der Waals surface area contributed by atoms with Gasteiger partial charge in [-0.1, -0.05) is 6.07 Å². The maximum absolute atomic E-state index is 12.3. The van der Waals surface area contributed by atoms with Gasteiger partial charge in [-0.3, -0.25) is 0 Å². The molecule has 0 bridgehead atoms. The van der Waals surface area contributed by atoms with Gasteiger partial charge in [0.25, 0.3) is 0 Å². The third-order valence-electron chi connectivity index (χ3n) is 1.93. The Labute approximate surface area is 86.8 Å². The van der Waals surface area contributed by atoms with Gasteiger partial charge >= 0.3 is 6.18 Å². The number of isocyanates is 1. The highest BCUT2D eigenvalue weighted by molar-refractivity contribution is 5.87. The summed E-state index contributed by atoms with van der Waals surface area (Å²) < 4.78 is 37.0. The van der Waals surface area contributed by atoms with E-state index in [1.54, 1.807) is 0 Å². The van der Waals surface area contributed by atoms with Crippen molar-refractivity contribution >= 4 is 22.8 Å². The average molecular weight is 227 g/mol. The Kier molecular flexibility index (Phi) is 2.25. The van der Waals surface area contributed by atoms with Gasteiger partial charge < -0.3 is 4.98 Å². The van der Waals surface area contributed by atoms with Crippen LogP contribution in [0.15, 0.2) is 23.2 Å². The number of alkyl halides is 3. The monoisotopic (exact) mass is 227 g/mol. The fraction of sp³-hybridized carbons (Fsp3) is 0.111. The molecule has 0 aliphatic heterocycles. The van der Waals surface area contributed by atoms with Crippen molar-refractivity contribution in [2.75, 3.05) is 0 Å². The lowest BCUT2D eigenvalue weighted by Gasteiger charge is -1.98. The SMILES string of the molecule is O=C=Nc1cccc2[nH]c(C(F)(F)F)nc12. The highest BCUT2D eigenvalue weighted by atomic mass is 19.4. The molecule has 1 aromatic carbocycles. The first-order chi connectivity index (χ1) is 7.52. The number of para-hydroxylation sites is 1. The number of hydrogen-bond donors (Lipinski definition) is 1. The molecule has 2 aromatic rings. The highest BCUT2D eigenvalue weighted by Crippen LogP contribution is 2.31. The van der Waals surface area contributed by atoms with Crippen LogP contribution in [0.4, 0.5) is 18.9 Å². The molecule has 4 nitrogen and oxygen atoms in total. The van der Waals surface area contributed by atoms with E-state index in [1.807, 2.05) is 0 Å². The van der Waals surface area contributed by atoms with E-state index in [0.29, 0.717) is 0 Å². The van der Waals surface area contributed by atoms with E-state index in [-0.39, 0.29) is 16.7 Å². The predicted molar refractivity (Wildman–Crippen MR) is 48.9 cm³/mol. The summed E-state index contributed by atoms with van der Waals surface area (Å²) in [5.74, 6) is -1.11. The predicted octanol–water partition coefficient (Wildman–Crippen LogP) is 2.55. The van der Waals surface area contributed by atoms with Gasteiger partial charge in [0.1, 0.15) is 11.2 Å². The second-order valence-corrected chi connectivity index (χ2v) is 2.96. The lowest BCUT2D eigenvalue weighted by molar-refractivity contribution is -0.144. The molecule has 7 heteroatoms. The fourth-order valence-electron chi connectivity index (χ4n) is 1.29. The highest BCUT2D eigenvalue weighted by Gasteiger charge is 2.34. The third kappa shape index (κ3) is 1.68. The largest absolute Gasteiger partial charge is 0.449 e. The number of H-pyrrole nitrogens is 1. The van der Waals surface area contributed by atoms with Crippen molar-refractivity contribution < 1.29 is 18.0 Å². The number of nitrogens with zero attached hydrogens (tertiary/aromatic N) is 2. The van der Waals surface area contributed by atoms with Crippen LogP contribution in [-0.4, -0.2) is 16.0 Å². The summed E-state index contributed by atoms with van der Waals surface area (Å²) in [6.07, 6.45) is -3.29. The summed E-state index contributed by atoms with van der Waals surface area (Å²) in [6, 6.07) is 4.27. The molecule has 16 heavy (non-hydrogen) atoms. The van der Waals surface area contributed by atoms with E-state index in [4.69, 9.17) is 0 Å². The molecule has 0 aliphatic rings. The Morgan fingerprint density at radius 2 is 2.12 bits per heavy atom. The van der Waals surface area contributed by atoms with E-state index in [0.717, 1.165) is 0 Å². The minimum Gasteiger partial charge on any atom is -0.334 e. The number of benzene rings is 1. The van der Waals surface area contributed by atoms with Gasteiger partial charge in [-0.05, 0) is 12.1 Å². The average Bonchev–Trinajstić information content (AvgIpc) is 2.62. The molecule has 0 saturated heterocycles. The fourth-order valence-corrected chi connectivity index (χ4v) is 1.29. The van der Waals surface area contributed by atoms with Gasteiger partial charge in [-0.2, -0.15) is 18.2 Å². The zero-order valence-corrected chi connectivity index (χ0v) is 7.67. The van der Waals surface area contributed by atoms with Crippen molar-refractivity contribution in [3.05, 3.63) is 24.0 Å². The van der Waals surface area contributed by atoms with Crippen LogP contribution in [0.1, 0.15) is 5.82 Å². The number of rotatable bonds is 1. The summed E-state index contributed by atoms with van der Waals surface area (Å²) in [5.41, 5.74) is 0.223. The first-order valence-electron chi connectivity index (χ1n) is 4.16. The van der Waals surface area contributed by atoms with Crippen LogP contribution in [0.5, 0.6) is 0 Å². The molecule has 0 unspecified atom stereocenters. The van der Waals surface area contributed by atoms with Gasteiger partial charge in [0, 0.05) is 0 Å². The molecule has 0 spiro atoms. The molecule has 2 rings (SSSR count). The van der Waals surface area contributed by atoms with E-state index in [1.165, 1.54) is 24.3 Å². The lowest BCUT2D eigenvalue weighted by Crippen LogP contribution is -2.06. The Morgan fingerprint density at radius 3 is 2.75 bits per heavy atom. The summed E-state index contributed by atoms with van der Waals surface area (Å²) in [7, 11) is 0. The molecule has 0 atom stereocenters. The first-order valence-corrected chi connectivity index (χ1v) is 4.16. The van der Waals surface area contributed by atoms with Crippen LogP contribution in [0.25, 0.3) is 11.0 Å². The number of carbonyl (C=O) groups excluding carboxylic acids is 1. The molecule has 82 valence electrons. The summed E-state index contributed by atoms with van der Waals surface area (Å²) >= 11 is 0. The van der Waals surface area contributed by atoms with Crippen LogP contribution >= 0.6 is 0 Å². The van der Waals surface area contributed by atoms with Crippen LogP contribution in [0, 0.1) is 0 Å². The van der Waals surface area contributed by atoms with Crippen LogP contribution in [0.2, 0.25) is 0 Å². The van der Waals surface area contributed by atoms with E-state index in [9.17, 15) is 18.0 Å². The van der Waals surface area contributed by atoms with Crippen molar-refractivity contribution in [3.63, 3.8) is 0 Å². The number of hydrogen-bond acceptors (Lipinski definition) is 3. The maximum Gasteiger partial charge on any atom is 0.449 e. The van der Waals surface area contributed by atoms with Crippen LogP contribution in [0.3, 0.4) is 0 Å². The van der Waals surface area contributed by atoms with Gasteiger partial charge in [-0.15, -0.1) is 0 Å². The second-order valence-electron chi connectivity index (χ2n) is 2.96. The molecule has 0 amide bonds. The number of aromatic nitrogens is 2. The summed E-state index contributed by atoms with van der Waals surface area (Å²) in [4.78, 5) is 18.8. The topological polar surface area (TPSA) is 58.1 Å². The number of aliphatic imine (C=N–C) groups is 1. The molecule has 1 heterocycles. The Bertz CT molecular complexity index is 581. The Balaban J connectivity index is 2.70. The normalized spacial score (nSPS) is 11.4. The minimum absolute atomic E-state index is 0.00169. The van der Waals surface area contributed by atoms with Gasteiger partial charge in [0.15, 0.2) is 0 Å². The van der Waals surface area contributed by atoms with Crippen LogP contribution in [-0.2, 0) is 11.0 Å². The van der Waals surface area contributed by atoms with Gasteiger partial charge in [-0.25, -0.2) is 9.78 Å². The standard InChI is InChI=1S/C9H4F3N3O/c10-9(11,12)8-14-6-3-1-2-5(13-4-16)7(6)15-8/h1-3H,(H,14,15). The lowest BCUT2D eigenvalue weighted by atomic mass is 10.3. The molecular weight excluding hydrogens is 223 g/mol. The molecule has 0 aliphatic carbocycles. The molecular formula is C9H4F3N3O. The number of halogens is 3. The number of nitrogens with one attached hydrogen (secondary N) is 1. The number of imidazole rings is 1. The third-order valence-corrected chi connectivity index (χ3v) is 1.93. The molecule has 1 N–H and O–H groups in total.